The normalized spacial score (nSPS) is 22.5. The second kappa shape index (κ2) is 11.9. The fraction of sp³-hybridized carbons (Fsp3) is 0.486. The van der Waals surface area contributed by atoms with Crippen LogP contribution < -0.4 is 0 Å². The van der Waals surface area contributed by atoms with Crippen LogP contribution in [0.4, 0.5) is 0 Å². The van der Waals surface area contributed by atoms with Gasteiger partial charge in [-0.2, -0.15) is 28.9 Å². The van der Waals surface area contributed by atoms with Gasteiger partial charge in [0.15, 0.2) is 0 Å². The summed E-state index contributed by atoms with van der Waals surface area (Å²) in [5.41, 5.74) is 13.5. The molecule has 3 aliphatic carbocycles. The zero-order chi connectivity index (χ0) is 27.7. The van der Waals surface area contributed by atoms with Crippen LogP contribution in [0.25, 0.3) is 0 Å². The first kappa shape index (κ1) is 30.3. The molecule has 5 rings (SSSR count). The minimum atomic E-state index is 0.210. The van der Waals surface area contributed by atoms with Crippen LogP contribution in [-0.4, -0.2) is 5.43 Å². The summed E-state index contributed by atoms with van der Waals surface area (Å²) in [5, 5.41) is 0. The van der Waals surface area contributed by atoms with Crippen LogP contribution in [0.5, 0.6) is 0 Å². The molecule has 2 aromatic carbocycles. The Morgan fingerprint density at radius 1 is 0.865 bits per heavy atom. The molecule has 0 spiro atoms. The molecule has 2 atom stereocenters. The third kappa shape index (κ3) is 6.86. The molecule has 0 aliphatic heterocycles. The van der Waals surface area contributed by atoms with E-state index >= 15 is 0 Å². The van der Waals surface area contributed by atoms with Crippen molar-refractivity contribution in [2.24, 2.45) is 5.92 Å². The van der Waals surface area contributed by atoms with E-state index in [1.165, 1.54) is 57.4 Å². The van der Waals surface area contributed by atoms with E-state index in [9.17, 15) is 0 Å². The number of hydrogen-bond donors (Lipinski definition) is 0. The maximum absolute atomic E-state index is 3.68. The third-order valence-electron chi connectivity index (χ3n) is 8.47. The summed E-state index contributed by atoms with van der Waals surface area (Å²) >= 11 is 1.74. The zero-order valence-corrected chi connectivity index (χ0v) is 28.6. The standard InChI is InChI=1S/C24H27.C9H13.C2H6Si.Zr/c1-16-13-18-14-20-21(24(4,5)12-11-23(20,2)3)15-19(18)22(16)17-9-7-6-8-10-17;1-6-5-7(2)9(4)8(6)3;1-3-2;/h6-10,14-15,22H,11-12H2,1-5H3;6H,1-4H3;1-2H3;/q2*-1;;+2. The average Bonchev–Trinajstić information content (AvgIpc) is 3.26. The van der Waals surface area contributed by atoms with Gasteiger partial charge in [-0.05, 0) is 35.2 Å². The van der Waals surface area contributed by atoms with Gasteiger partial charge in [-0.25, -0.2) is 5.57 Å². The Hall–Kier alpha value is -1.24. The molecule has 2 heteroatoms. The van der Waals surface area contributed by atoms with Crippen LogP contribution >= 0.6 is 0 Å². The van der Waals surface area contributed by atoms with Crippen LogP contribution in [0.2, 0.25) is 13.1 Å². The van der Waals surface area contributed by atoms with Gasteiger partial charge < -0.3 is 0 Å². The molecule has 0 amide bonds. The summed E-state index contributed by atoms with van der Waals surface area (Å²) in [6, 6.07) is 15.8. The molecule has 37 heavy (non-hydrogen) atoms. The molecule has 0 heterocycles. The van der Waals surface area contributed by atoms with Gasteiger partial charge in [0.25, 0.3) is 0 Å². The van der Waals surface area contributed by atoms with E-state index < -0.39 is 0 Å². The molecular weight excluding hydrogens is 540 g/mol. The molecule has 0 saturated heterocycles. The van der Waals surface area contributed by atoms with Gasteiger partial charge in [0, 0.05) is 0 Å². The SMILES string of the molecule is CC1=[C-]C(C)C(C)=C1C.CC1=[C-]c2cc3c(cc2C1c1ccccc1)C(C)(C)CCC3(C)C.C[Si](C)=[Zr+2]. The molecule has 194 valence electrons. The van der Waals surface area contributed by atoms with Gasteiger partial charge in [-0.1, -0.05) is 103 Å². The van der Waals surface area contributed by atoms with Crippen molar-refractivity contribution in [2.45, 2.75) is 105 Å². The topological polar surface area (TPSA) is 0 Å². The number of fused-ring (bicyclic) bond motifs is 2. The fourth-order valence-electron chi connectivity index (χ4n) is 5.73. The van der Waals surface area contributed by atoms with Gasteiger partial charge >= 0.3 is 41.9 Å². The van der Waals surface area contributed by atoms with Crippen molar-refractivity contribution in [1.29, 1.82) is 0 Å². The average molecular weight is 586 g/mol. The van der Waals surface area contributed by atoms with Crippen LogP contribution in [0, 0.1) is 18.1 Å². The van der Waals surface area contributed by atoms with E-state index in [1.54, 1.807) is 28.9 Å². The molecule has 0 radical (unpaired) electrons. The van der Waals surface area contributed by atoms with Gasteiger partial charge in [0.05, 0.1) is 0 Å². The van der Waals surface area contributed by atoms with E-state index in [2.05, 4.69) is 130 Å². The van der Waals surface area contributed by atoms with Crippen molar-refractivity contribution in [3.63, 3.8) is 0 Å². The van der Waals surface area contributed by atoms with Crippen LogP contribution in [0.1, 0.15) is 109 Å². The molecule has 0 aromatic heterocycles. The van der Waals surface area contributed by atoms with E-state index in [1.807, 2.05) is 0 Å². The van der Waals surface area contributed by atoms with Gasteiger partial charge in [0.1, 0.15) is 0 Å². The number of allylic oxidation sites excluding steroid dienone is 5. The van der Waals surface area contributed by atoms with E-state index in [0.29, 0.717) is 11.8 Å². The number of benzene rings is 2. The summed E-state index contributed by atoms with van der Waals surface area (Å²) in [7, 11) is 0. The predicted octanol–water partition coefficient (Wildman–Crippen LogP) is 9.78. The third-order valence-corrected chi connectivity index (χ3v) is 8.47. The summed E-state index contributed by atoms with van der Waals surface area (Å²) in [6.07, 6.45) is 9.56. The van der Waals surface area contributed by atoms with Gasteiger partial charge in [-0.15, -0.1) is 24.1 Å². The Balaban J connectivity index is 0.000000243. The Morgan fingerprint density at radius 3 is 1.81 bits per heavy atom. The maximum atomic E-state index is 3.68. The van der Waals surface area contributed by atoms with Crippen molar-refractivity contribution in [3.05, 3.63) is 105 Å². The van der Waals surface area contributed by atoms with Gasteiger partial charge in [-0.3, -0.25) is 6.08 Å². The van der Waals surface area contributed by atoms with Crippen LogP contribution in [0.15, 0.2) is 64.8 Å². The monoisotopic (exact) mass is 584 g/mol. The Labute approximate surface area is 243 Å². The molecule has 0 saturated carbocycles. The zero-order valence-electron chi connectivity index (χ0n) is 25.1. The molecule has 2 aromatic rings. The summed E-state index contributed by atoms with van der Waals surface area (Å²) < 4.78 is 0. The molecule has 0 N–H and O–H groups in total. The minimum absolute atomic E-state index is 0.210. The van der Waals surface area contributed by atoms with Crippen molar-refractivity contribution < 1.29 is 23.3 Å². The molecule has 0 bridgehead atoms. The van der Waals surface area contributed by atoms with Crippen molar-refractivity contribution in [2.75, 3.05) is 0 Å². The van der Waals surface area contributed by atoms with Crippen molar-refractivity contribution in [3.8, 4) is 0 Å². The first-order chi connectivity index (χ1) is 17.2. The van der Waals surface area contributed by atoms with Crippen LogP contribution in [0.3, 0.4) is 0 Å². The van der Waals surface area contributed by atoms with Crippen molar-refractivity contribution >= 4 is 5.43 Å². The first-order valence-corrected chi connectivity index (χ1v) is 20.0. The molecular formula is C35H46SiZr. The second-order valence-electron chi connectivity index (χ2n) is 12.7. The number of rotatable bonds is 1. The Bertz CT molecular complexity index is 1250. The first-order valence-electron chi connectivity index (χ1n) is 13.8. The predicted molar refractivity (Wildman–Crippen MR) is 159 cm³/mol. The quantitative estimate of drug-likeness (QED) is 0.231. The molecule has 0 nitrogen and oxygen atoms in total. The summed E-state index contributed by atoms with van der Waals surface area (Å²) in [5.74, 6) is 0.928. The summed E-state index contributed by atoms with van der Waals surface area (Å²) in [4.78, 5) is 0. The van der Waals surface area contributed by atoms with E-state index in [-0.39, 0.29) is 16.3 Å². The molecule has 0 fully saturated rings. The fourth-order valence-corrected chi connectivity index (χ4v) is 5.73. The number of hydrogen-bond acceptors (Lipinski definition) is 0. The van der Waals surface area contributed by atoms with Crippen molar-refractivity contribution in [1.82, 2.24) is 0 Å². The summed E-state index contributed by atoms with van der Waals surface area (Å²) in [6.45, 7) is 25.1. The van der Waals surface area contributed by atoms with Gasteiger partial charge in [0.2, 0.25) is 0 Å². The van der Waals surface area contributed by atoms with Crippen LogP contribution in [-0.2, 0) is 34.2 Å². The molecule has 3 aliphatic rings. The van der Waals surface area contributed by atoms with E-state index in [0.717, 1.165) is 0 Å². The Kier molecular flexibility index (Phi) is 9.73. The molecule has 2 unspecified atom stereocenters. The van der Waals surface area contributed by atoms with E-state index in [4.69, 9.17) is 0 Å². The Morgan fingerprint density at radius 2 is 1.38 bits per heavy atom. The second-order valence-corrected chi connectivity index (χ2v) is 22.1.